The molecule has 1 aromatic rings. The minimum atomic E-state index is 0.396. The van der Waals surface area contributed by atoms with Gasteiger partial charge < -0.3 is 10.7 Å². The molecule has 1 aromatic heterocycles. The van der Waals surface area contributed by atoms with Crippen LogP contribution in [-0.2, 0) is 0 Å². The number of aromatic amines is 1. The maximum absolute atomic E-state index is 5.09. The maximum Gasteiger partial charge on any atom is 0.191 e. The third-order valence-electron chi connectivity index (χ3n) is 1.36. The highest BCUT2D eigenvalue weighted by Crippen LogP contribution is 2.01. The molecule has 5 N–H and O–H groups in total. The van der Waals surface area contributed by atoms with Gasteiger partial charge in [0.2, 0.25) is 0 Å². The van der Waals surface area contributed by atoms with Crippen molar-refractivity contribution in [1.82, 2.24) is 5.43 Å². The van der Waals surface area contributed by atoms with E-state index < -0.39 is 0 Å². The number of hydrazine groups is 1. The number of nitrogens with one attached hydrogen (secondary N) is 3. The smallest absolute Gasteiger partial charge is 0.191 e. The van der Waals surface area contributed by atoms with Crippen molar-refractivity contribution >= 4 is 23.0 Å². The molecule has 0 bridgehead atoms. The average Bonchev–Trinajstić information content (AvgIpc) is 2.09. The highest BCUT2D eigenvalue weighted by atomic mass is 32.1. The van der Waals surface area contributed by atoms with Crippen molar-refractivity contribution in [2.45, 2.75) is 6.92 Å². The van der Waals surface area contributed by atoms with E-state index in [1.165, 1.54) is 0 Å². The SMILES string of the molecule is Cc1ccc(NC(=S)NN)c[nH+]1. The van der Waals surface area contributed by atoms with E-state index in [1.54, 1.807) is 0 Å². The summed E-state index contributed by atoms with van der Waals surface area (Å²) in [4.78, 5) is 3.04. The van der Waals surface area contributed by atoms with Crippen LogP contribution in [-0.4, -0.2) is 5.11 Å². The fourth-order valence-electron chi connectivity index (χ4n) is 0.748. The molecule has 0 unspecified atom stereocenters. The molecule has 0 amide bonds. The van der Waals surface area contributed by atoms with Crippen LogP contribution in [0.1, 0.15) is 5.69 Å². The first-order chi connectivity index (χ1) is 5.72. The predicted molar refractivity (Wildman–Crippen MR) is 51.3 cm³/mol. The zero-order valence-corrected chi connectivity index (χ0v) is 7.53. The van der Waals surface area contributed by atoms with Gasteiger partial charge in [0.15, 0.2) is 17.0 Å². The maximum atomic E-state index is 5.09. The second-order valence-corrected chi connectivity index (χ2v) is 2.77. The number of hydrogen-bond acceptors (Lipinski definition) is 2. The fourth-order valence-corrected chi connectivity index (χ4v) is 0.865. The van der Waals surface area contributed by atoms with E-state index >= 15 is 0 Å². The van der Waals surface area contributed by atoms with E-state index in [2.05, 4.69) is 15.7 Å². The molecule has 0 aliphatic rings. The first-order valence-electron chi connectivity index (χ1n) is 3.48. The molecule has 12 heavy (non-hydrogen) atoms. The van der Waals surface area contributed by atoms with Gasteiger partial charge in [-0.25, -0.2) is 10.8 Å². The van der Waals surface area contributed by atoms with Crippen LogP contribution in [0.4, 0.5) is 5.69 Å². The number of nitrogens with two attached hydrogens (primary N) is 1. The highest BCUT2D eigenvalue weighted by molar-refractivity contribution is 7.80. The number of pyridine rings is 1. The lowest BCUT2D eigenvalue weighted by molar-refractivity contribution is -0.386. The summed E-state index contributed by atoms with van der Waals surface area (Å²) in [5.41, 5.74) is 4.30. The van der Waals surface area contributed by atoms with Crippen LogP contribution < -0.4 is 21.6 Å². The van der Waals surface area contributed by atoms with Crippen molar-refractivity contribution in [2.75, 3.05) is 5.32 Å². The molecular formula is C7H11N4S+. The zero-order chi connectivity index (χ0) is 8.97. The van der Waals surface area contributed by atoms with Gasteiger partial charge in [-0.3, -0.25) is 0 Å². The van der Waals surface area contributed by atoms with E-state index in [-0.39, 0.29) is 0 Å². The number of hydrogen-bond donors (Lipinski definition) is 3. The Morgan fingerprint density at radius 1 is 1.58 bits per heavy atom. The summed E-state index contributed by atoms with van der Waals surface area (Å²) in [6, 6.07) is 3.86. The first kappa shape index (κ1) is 8.89. The Morgan fingerprint density at radius 2 is 2.33 bits per heavy atom. The Bertz CT molecular complexity index is 269. The largest absolute Gasteiger partial charge is 0.327 e. The molecule has 1 heterocycles. The Labute approximate surface area is 76.1 Å². The van der Waals surface area contributed by atoms with Gasteiger partial charge in [-0.1, -0.05) is 0 Å². The molecule has 1 rings (SSSR count). The summed E-state index contributed by atoms with van der Waals surface area (Å²) in [5, 5.41) is 3.28. The molecule has 4 nitrogen and oxygen atoms in total. The molecule has 0 saturated heterocycles. The standard InChI is InChI=1S/C7H10N4S/c1-5-2-3-6(4-9-5)10-7(12)11-8/h2-4H,8H2,1H3,(H2,10,11,12)/p+1. The van der Waals surface area contributed by atoms with E-state index in [0.29, 0.717) is 5.11 Å². The molecule has 0 atom stereocenters. The normalized spacial score (nSPS) is 9.17. The Balaban J connectivity index is 2.64. The summed E-state index contributed by atoms with van der Waals surface area (Å²) in [6.45, 7) is 1.98. The van der Waals surface area contributed by atoms with Gasteiger partial charge in [0.25, 0.3) is 0 Å². The number of H-pyrrole nitrogens is 1. The molecule has 0 aliphatic carbocycles. The van der Waals surface area contributed by atoms with Crippen molar-refractivity contribution in [3.63, 3.8) is 0 Å². The molecule has 0 fully saturated rings. The lowest BCUT2D eigenvalue weighted by atomic mass is 10.3. The van der Waals surface area contributed by atoms with Gasteiger partial charge in [-0.15, -0.1) is 0 Å². The summed E-state index contributed by atoms with van der Waals surface area (Å²) in [7, 11) is 0. The van der Waals surface area contributed by atoms with Crippen molar-refractivity contribution in [2.24, 2.45) is 5.84 Å². The summed E-state index contributed by atoms with van der Waals surface area (Å²) in [5.74, 6) is 5.09. The fraction of sp³-hybridized carbons (Fsp3) is 0.143. The van der Waals surface area contributed by atoms with Crippen LogP contribution in [0, 0.1) is 6.92 Å². The lowest BCUT2D eigenvalue weighted by Crippen LogP contribution is -2.34. The van der Waals surface area contributed by atoms with Crippen LogP contribution in [0.3, 0.4) is 0 Å². The van der Waals surface area contributed by atoms with Crippen LogP contribution >= 0.6 is 12.2 Å². The van der Waals surface area contributed by atoms with Crippen LogP contribution in [0.15, 0.2) is 18.3 Å². The average molecular weight is 183 g/mol. The number of aryl methyl sites for hydroxylation is 1. The van der Waals surface area contributed by atoms with E-state index in [4.69, 9.17) is 18.1 Å². The Kier molecular flexibility index (Phi) is 2.95. The predicted octanol–water partition coefficient (Wildman–Crippen LogP) is -0.0308. The summed E-state index contributed by atoms with van der Waals surface area (Å²) in [6.07, 6.45) is 1.82. The Hall–Kier alpha value is -1.20. The molecule has 5 heteroatoms. The quantitative estimate of drug-likeness (QED) is 0.325. The summed E-state index contributed by atoms with van der Waals surface area (Å²) >= 11 is 4.81. The third-order valence-corrected chi connectivity index (χ3v) is 1.58. The zero-order valence-electron chi connectivity index (χ0n) is 6.72. The van der Waals surface area contributed by atoms with Crippen molar-refractivity contribution < 1.29 is 4.98 Å². The highest BCUT2D eigenvalue weighted by Gasteiger charge is 1.98. The lowest BCUT2D eigenvalue weighted by Gasteiger charge is -2.03. The van der Waals surface area contributed by atoms with Crippen molar-refractivity contribution in [3.8, 4) is 0 Å². The number of aromatic nitrogens is 1. The molecule has 0 radical (unpaired) electrons. The van der Waals surface area contributed by atoms with E-state index in [9.17, 15) is 0 Å². The Morgan fingerprint density at radius 3 is 2.83 bits per heavy atom. The van der Waals surface area contributed by atoms with Crippen molar-refractivity contribution in [3.05, 3.63) is 24.0 Å². The van der Waals surface area contributed by atoms with Gasteiger partial charge in [0.05, 0.1) is 0 Å². The summed E-state index contributed by atoms with van der Waals surface area (Å²) < 4.78 is 0. The van der Waals surface area contributed by atoms with Gasteiger partial charge in [0, 0.05) is 13.0 Å². The second kappa shape index (κ2) is 3.99. The molecule has 0 aliphatic heterocycles. The number of rotatable bonds is 1. The van der Waals surface area contributed by atoms with Gasteiger partial charge >= 0.3 is 0 Å². The second-order valence-electron chi connectivity index (χ2n) is 2.36. The molecule has 0 aromatic carbocycles. The third kappa shape index (κ3) is 2.44. The van der Waals surface area contributed by atoms with E-state index in [0.717, 1.165) is 11.4 Å². The minimum absolute atomic E-state index is 0.396. The van der Waals surface area contributed by atoms with Gasteiger partial charge in [0.1, 0.15) is 5.69 Å². The van der Waals surface area contributed by atoms with Gasteiger partial charge in [-0.2, -0.15) is 0 Å². The monoisotopic (exact) mass is 183 g/mol. The van der Waals surface area contributed by atoms with E-state index in [1.807, 2.05) is 25.3 Å². The van der Waals surface area contributed by atoms with Crippen molar-refractivity contribution in [1.29, 1.82) is 0 Å². The molecular weight excluding hydrogens is 172 g/mol. The molecule has 64 valence electrons. The van der Waals surface area contributed by atoms with Crippen LogP contribution in [0.2, 0.25) is 0 Å². The van der Waals surface area contributed by atoms with Gasteiger partial charge in [-0.05, 0) is 18.3 Å². The topological polar surface area (TPSA) is 64.2 Å². The minimum Gasteiger partial charge on any atom is -0.327 e. The number of thiocarbonyl (C=S) groups is 1. The van der Waals surface area contributed by atoms with Crippen LogP contribution in [0.5, 0.6) is 0 Å². The molecule has 0 saturated carbocycles. The van der Waals surface area contributed by atoms with Crippen LogP contribution in [0.25, 0.3) is 0 Å². The number of anilines is 1. The molecule has 0 spiro atoms. The first-order valence-corrected chi connectivity index (χ1v) is 3.89.